The van der Waals surface area contributed by atoms with Gasteiger partial charge >= 0.3 is 6.09 Å². The molecule has 0 rings (SSSR count). The molecule has 0 aliphatic heterocycles. The first-order chi connectivity index (χ1) is 7.30. The maximum absolute atomic E-state index is 12.5. The van der Waals surface area contributed by atoms with E-state index in [4.69, 9.17) is 4.74 Å². The Morgan fingerprint density at radius 1 is 1.50 bits per heavy atom. The summed E-state index contributed by atoms with van der Waals surface area (Å²) < 4.78 is 17.6. The molecule has 1 amide bonds. The fourth-order valence-electron chi connectivity index (χ4n) is 1.12. The number of nitrogens with zero attached hydrogens (tertiary/aromatic N) is 1. The standard InChI is InChI=1S/C11H20FNO3/c1-11(2,3)16-10(15)13(4)8-9(7-12)5-6-14/h6,9H,5,7-8H2,1-4H3. The van der Waals surface area contributed by atoms with Gasteiger partial charge in [-0.2, -0.15) is 0 Å². The summed E-state index contributed by atoms with van der Waals surface area (Å²) in [5, 5.41) is 0. The topological polar surface area (TPSA) is 46.6 Å². The van der Waals surface area contributed by atoms with Crippen molar-refractivity contribution in [1.29, 1.82) is 0 Å². The van der Waals surface area contributed by atoms with Gasteiger partial charge in [0, 0.05) is 25.9 Å². The van der Waals surface area contributed by atoms with Gasteiger partial charge in [0.25, 0.3) is 0 Å². The number of amides is 1. The SMILES string of the molecule is CN(CC(CF)CC=O)C(=O)OC(C)(C)C. The lowest BCUT2D eigenvalue weighted by Gasteiger charge is -2.26. The van der Waals surface area contributed by atoms with E-state index in [0.717, 1.165) is 0 Å². The van der Waals surface area contributed by atoms with Crippen molar-refractivity contribution in [2.45, 2.75) is 32.8 Å². The first-order valence-corrected chi connectivity index (χ1v) is 5.24. The zero-order valence-corrected chi connectivity index (χ0v) is 10.3. The molecular weight excluding hydrogens is 213 g/mol. The Morgan fingerprint density at radius 2 is 2.06 bits per heavy atom. The minimum atomic E-state index is -0.619. The van der Waals surface area contributed by atoms with Crippen LogP contribution in [0.5, 0.6) is 0 Å². The van der Waals surface area contributed by atoms with Crippen LogP contribution in [0.2, 0.25) is 0 Å². The van der Waals surface area contributed by atoms with E-state index in [-0.39, 0.29) is 13.0 Å². The van der Waals surface area contributed by atoms with Gasteiger partial charge in [0.1, 0.15) is 11.9 Å². The van der Waals surface area contributed by atoms with Gasteiger partial charge in [-0.15, -0.1) is 0 Å². The minimum Gasteiger partial charge on any atom is -0.444 e. The second kappa shape index (κ2) is 6.45. The van der Waals surface area contributed by atoms with Gasteiger partial charge in [-0.25, -0.2) is 4.79 Å². The van der Waals surface area contributed by atoms with Crippen LogP contribution in [0.1, 0.15) is 27.2 Å². The molecule has 0 aliphatic rings. The lowest BCUT2D eigenvalue weighted by Crippen LogP contribution is -2.37. The molecule has 94 valence electrons. The van der Waals surface area contributed by atoms with E-state index in [2.05, 4.69) is 0 Å². The molecular formula is C11H20FNO3. The maximum Gasteiger partial charge on any atom is 0.410 e. The molecule has 0 saturated carbocycles. The molecule has 5 heteroatoms. The molecule has 0 bridgehead atoms. The Hall–Kier alpha value is -1.13. The summed E-state index contributed by atoms with van der Waals surface area (Å²) in [5.41, 5.74) is -0.568. The van der Waals surface area contributed by atoms with Crippen molar-refractivity contribution >= 4 is 12.4 Å². The van der Waals surface area contributed by atoms with Crippen molar-refractivity contribution in [2.75, 3.05) is 20.3 Å². The summed E-state index contributed by atoms with van der Waals surface area (Å²) >= 11 is 0. The van der Waals surface area contributed by atoms with Crippen LogP contribution in [0.15, 0.2) is 0 Å². The highest BCUT2D eigenvalue weighted by Crippen LogP contribution is 2.11. The number of alkyl halides is 1. The first-order valence-electron chi connectivity index (χ1n) is 5.24. The molecule has 4 nitrogen and oxygen atoms in total. The van der Waals surface area contributed by atoms with Crippen LogP contribution in [0.4, 0.5) is 9.18 Å². The molecule has 1 unspecified atom stereocenters. The molecule has 0 aromatic heterocycles. The number of ether oxygens (including phenoxy) is 1. The molecule has 16 heavy (non-hydrogen) atoms. The van der Waals surface area contributed by atoms with Crippen LogP contribution in [0.3, 0.4) is 0 Å². The molecule has 0 spiro atoms. The Bertz CT molecular complexity index is 238. The smallest absolute Gasteiger partial charge is 0.410 e. The van der Waals surface area contributed by atoms with Crippen molar-refractivity contribution in [3.63, 3.8) is 0 Å². The number of hydrogen-bond donors (Lipinski definition) is 0. The normalized spacial score (nSPS) is 13.1. The minimum absolute atomic E-state index is 0.115. The van der Waals surface area contributed by atoms with Gasteiger partial charge in [-0.1, -0.05) is 0 Å². The highest BCUT2D eigenvalue weighted by molar-refractivity contribution is 5.67. The zero-order valence-electron chi connectivity index (χ0n) is 10.3. The van der Waals surface area contributed by atoms with Gasteiger partial charge in [0.15, 0.2) is 0 Å². The Balaban J connectivity index is 4.17. The molecule has 0 saturated heterocycles. The molecule has 0 heterocycles. The lowest BCUT2D eigenvalue weighted by atomic mass is 10.1. The third-order valence-corrected chi connectivity index (χ3v) is 1.89. The van der Waals surface area contributed by atoms with Crippen molar-refractivity contribution in [1.82, 2.24) is 4.90 Å². The fourth-order valence-corrected chi connectivity index (χ4v) is 1.12. The second-order valence-corrected chi connectivity index (χ2v) is 4.78. The predicted octanol–water partition coefficient (Wildman–Crippen LogP) is 2.03. The van der Waals surface area contributed by atoms with Crippen LogP contribution >= 0.6 is 0 Å². The highest BCUT2D eigenvalue weighted by atomic mass is 19.1. The summed E-state index contributed by atoms with van der Waals surface area (Å²) in [4.78, 5) is 23.1. The number of halogens is 1. The second-order valence-electron chi connectivity index (χ2n) is 4.78. The number of rotatable bonds is 5. The van der Waals surface area contributed by atoms with Crippen molar-refractivity contribution in [2.24, 2.45) is 5.92 Å². The third-order valence-electron chi connectivity index (χ3n) is 1.89. The van der Waals surface area contributed by atoms with E-state index in [1.165, 1.54) is 11.9 Å². The maximum atomic E-state index is 12.5. The van der Waals surface area contributed by atoms with Gasteiger partial charge in [-0.3, -0.25) is 4.39 Å². The average Bonchev–Trinajstić information content (AvgIpc) is 2.14. The molecule has 1 atom stereocenters. The summed E-state index contributed by atoms with van der Waals surface area (Å²) in [7, 11) is 1.53. The van der Waals surface area contributed by atoms with E-state index in [1.54, 1.807) is 20.8 Å². The molecule has 0 fully saturated rings. The number of hydrogen-bond acceptors (Lipinski definition) is 3. The molecule has 0 aliphatic carbocycles. The molecule has 0 aromatic rings. The quantitative estimate of drug-likeness (QED) is 0.682. The van der Waals surface area contributed by atoms with E-state index in [9.17, 15) is 14.0 Å². The molecule has 0 radical (unpaired) electrons. The zero-order chi connectivity index (χ0) is 12.8. The van der Waals surface area contributed by atoms with Crippen LogP contribution in [0, 0.1) is 5.92 Å². The lowest BCUT2D eigenvalue weighted by molar-refractivity contribution is -0.108. The van der Waals surface area contributed by atoms with Crippen LogP contribution in [0.25, 0.3) is 0 Å². The first kappa shape index (κ1) is 14.9. The van der Waals surface area contributed by atoms with Crippen molar-refractivity contribution in [3.8, 4) is 0 Å². The largest absolute Gasteiger partial charge is 0.444 e. The van der Waals surface area contributed by atoms with E-state index < -0.39 is 24.3 Å². The predicted molar refractivity (Wildman–Crippen MR) is 59.0 cm³/mol. The third kappa shape index (κ3) is 6.37. The summed E-state index contributed by atoms with van der Waals surface area (Å²) in [6.45, 7) is 4.85. The summed E-state index contributed by atoms with van der Waals surface area (Å²) in [6.07, 6.45) is 0.272. The van der Waals surface area contributed by atoms with Gasteiger partial charge in [0.2, 0.25) is 0 Å². The number of carbonyl (C=O) groups excluding carboxylic acids is 2. The molecule has 0 aromatic carbocycles. The fraction of sp³-hybridized carbons (Fsp3) is 0.818. The van der Waals surface area contributed by atoms with E-state index >= 15 is 0 Å². The van der Waals surface area contributed by atoms with Crippen LogP contribution in [-0.2, 0) is 9.53 Å². The molecule has 0 N–H and O–H groups in total. The number of carbonyl (C=O) groups is 2. The van der Waals surface area contributed by atoms with Crippen molar-refractivity contribution < 1.29 is 18.7 Å². The monoisotopic (exact) mass is 233 g/mol. The van der Waals surface area contributed by atoms with Gasteiger partial charge < -0.3 is 14.4 Å². The number of aldehydes is 1. The van der Waals surface area contributed by atoms with Crippen LogP contribution in [-0.4, -0.2) is 43.1 Å². The van der Waals surface area contributed by atoms with E-state index in [1.807, 2.05) is 0 Å². The Morgan fingerprint density at radius 3 is 2.44 bits per heavy atom. The summed E-state index contributed by atoms with van der Waals surface area (Å²) in [6, 6.07) is 0. The van der Waals surface area contributed by atoms with E-state index in [0.29, 0.717) is 6.29 Å². The van der Waals surface area contributed by atoms with Crippen LogP contribution < -0.4 is 0 Å². The van der Waals surface area contributed by atoms with Gasteiger partial charge in [0.05, 0.1) is 6.67 Å². The Labute approximate surface area is 95.8 Å². The van der Waals surface area contributed by atoms with Crippen molar-refractivity contribution in [3.05, 3.63) is 0 Å². The Kier molecular flexibility index (Phi) is 6.00. The highest BCUT2D eigenvalue weighted by Gasteiger charge is 2.21. The average molecular weight is 233 g/mol. The van der Waals surface area contributed by atoms with Gasteiger partial charge in [-0.05, 0) is 20.8 Å². The summed E-state index contributed by atoms with van der Waals surface area (Å²) in [5.74, 6) is -0.449.